The van der Waals surface area contributed by atoms with Gasteiger partial charge in [-0.1, -0.05) is 6.07 Å². The van der Waals surface area contributed by atoms with Crippen LogP contribution in [0.3, 0.4) is 0 Å². The quantitative estimate of drug-likeness (QED) is 0.809. The monoisotopic (exact) mass is 288 g/mol. The Balaban J connectivity index is 2.26. The molecule has 0 saturated carbocycles. The Morgan fingerprint density at radius 2 is 1.81 bits per heavy atom. The number of benzene rings is 1. The Bertz CT molecular complexity index is 698. The van der Waals surface area contributed by atoms with Gasteiger partial charge < -0.3 is 15.4 Å². The van der Waals surface area contributed by atoms with Crippen LogP contribution in [-0.4, -0.2) is 27.5 Å². The minimum atomic E-state index is -1.08. The molecule has 0 spiro atoms. The maximum atomic E-state index is 12.4. The number of hydrogen-bond donors (Lipinski definition) is 3. The van der Waals surface area contributed by atoms with Crippen LogP contribution in [0.25, 0.3) is 10.9 Å². The van der Waals surface area contributed by atoms with Crippen molar-refractivity contribution in [2.75, 3.05) is 0 Å². The summed E-state index contributed by atoms with van der Waals surface area (Å²) in [6.45, 7) is 6.63. The lowest BCUT2D eigenvalue weighted by Crippen LogP contribution is -2.56. The summed E-state index contributed by atoms with van der Waals surface area (Å²) in [6.07, 6.45) is 1.81. The van der Waals surface area contributed by atoms with E-state index >= 15 is 0 Å². The number of aromatic nitrogens is 1. The third kappa shape index (κ3) is 2.63. The minimum absolute atomic E-state index is 0.286. The molecule has 3 N–H and O–H groups in total. The second-order valence-corrected chi connectivity index (χ2v) is 6.29. The molecule has 0 atom stereocenters. The zero-order chi connectivity index (χ0) is 15.8. The van der Waals surface area contributed by atoms with Gasteiger partial charge in [-0.05, 0) is 51.3 Å². The van der Waals surface area contributed by atoms with Crippen LogP contribution in [0.1, 0.15) is 38.1 Å². The molecular formula is C16H20N2O3. The van der Waals surface area contributed by atoms with Crippen LogP contribution in [-0.2, 0) is 4.79 Å². The van der Waals surface area contributed by atoms with Crippen LogP contribution in [0.2, 0.25) is 0 Å². The first-order valence-corrected chi connectivity index (χ1v) is 6.78. The third-order valence-electron chi connectivity index (χ3n) is 4.34. The molecule has 0 unspecified atom stereocenters. The summed E-state index contributed by atoms with van der Waals surface area (Å²) >= 11 is 0. The summed E-state index contributed by atoms with van der Waals surface area (Å²) in [5.41, 5.74) is -0.600. The first kappa shape index (κ1) is 15.1. The lowest BCUT2D eigenvalue weighted by Gasteiger charge is -2.38. The van der Waals surface area contributed by atoms with Gasteiger partial charge in [0.25, 0.3) is 5.91 Å². The predicted octanol–water partition coefficient (Wildman–Crippen LogP) is 2.79. The number of carboxylic acid groups (broad SMARTS) is 1. The van der Waals surface area contributed by atoms with Gasteiger partial charge in [0.15, 0.2) is 0 Å². The number of fused-ring (bicyclic) bond motifs is 1. The van der Waals surface area contributed by atoms with E-state index in [9.17, 15) is 14.7 Å². The Kier molecular flexibility index (Phi) is 3.53. The van der Waals surface area contributed by atoms with Gasteiger partial charge in [0.05, 0.1) is 11.0 Å². The minimum Gasteiger partial charge on any atom is -0.481 e. The van der Waals surface area contributed by atoms with E-state index in [1.807, 2.05) is 18.3 Å². The standard InChI is InChI=1S/C16H20N2O3/c1-15(2,14(20)21)16(3,4)18-13(19)11-6-5-10-7-8-17-12(10)9-11/h5-9,17H,1-4H3,(H,18,19)(H,20,21). The van der Waals surface area contributed by atoms with E-state index in [0.717, 1.165) is 10.9 Å². The average molecular weight is 288 g/mol. The van der Waals surface area contributed by atoms with E-state index in [1.54, 1.807) is 39.8 Å². The van der Waals surface area contributed by atoms with Gasteiger partial charge in [-0.25, -0.2) is 0 Å². The number of aromatic amines is 1. The van der Waals surface area contributed by atoms with Gasteiger partial charge in [-0.3, -0.25) is 9.59 Å². The normalized spacial score (nSPS) is 12.4. The molecule has 21 heavy (non-hydrogen) atoms. The van der Waals surface area contributed by atoms with Gasteiger partial charge in [0.2, 0.25) is 0 Å². The molecule has 0 bridgehead atoms. The first-order valence-electron chi connectivity index (χ1n) is 6.78. The van der Waals surface area contributed by atoms with Crippen LogP contribution in [0.15, 0.2) is 30.5 Å². The molecular weight excluding hydrogens is 268 g/mol. The van der Waals surface area contributed by atoms with Gasteiger partial charge in [-0.15, -0.1) is 0 Å². The number of carboxylic acids is 1. The zero-order valence-corrected chi connectivity index (χ0v) is 12.7. The Morgan fingerprint density at radius 3 is 2.43 bits per heavy atom. The number of aliphatic carboxylic acids is 1. The molecule has 0 fully saturated rings. The van der Waals surface area contributed by atoms with Gasteiger partial charge in [0.1, 0.15) is 0 Å². The number of rotatable bonds is 4. The van der Waals surface area contributed by atoms with Crippen molar-refractivity contribution in [3.8, 4) is 0 Å². The van der Waals surface area contributed by atoms with Gasteiger partial charge in [-0.2, -0.15) is 0 Å². The SMILES string of the molecule is CC(C)(NC(=O)c1ccc2cc[nH]c2c1)C(C)(C)C(=O)O. The smallest absolute Gasteiger partial charge is 0.311 e. The number of carbonyl (C=O) groups is 2. The zero-order valence-electron chi connectivity index (χ0n) is 12.7. The van der Waals surface area contributed by atoms with Crippen LogP contribution in [0, 0.1) is 5.41 Å². The van der Waals surface area contributed by atoms with Crippen LogP contribution in [0.4, 0.5) is 0 Å². The van der Waals surface area contributed by atoms with Crippen LogP contribution >= 0.6 is 0 Å². The summed E-state index contributed by atoms with van der Waals surface area (Å²) in [6, 6.07) is 7.27. The molecule has 2 rings (SSSR count). The highest BCUT2D eigenvalue weighted by Crippen LogP contribution is 2.31. The molecule has 5 heteroatoms. The number of nitrogens with one attached hydrogen (secondary N) is 2. The molecule has 0 radical (unpaired) electrons. The topological polar surface area (TPSA) is 82.2 Å². The van der Waals surface area contributed by atoms with Crippen molar-refractivity contribution in [2.24, 2.45) is 5.41 Å². The molecule has 1 amide bonds. The average Bonchev–Trinajstić information content (AvgIpc) is 2.84. The lowest BCUT2D eigenvalue weighted by molar-refractivity contribution is -0.150. The second-order valence-electron chi connectivity index (χ2n) is 6.29. The maximum Gasteiger partial charge on any atom is 0.311 e. The molecule has 1 aromatic heterocycles. The van der Waals surface area contributed by atoms with Crippen LogP contribution in [0.5, 0.6) is 0 Å². The summed E-state index contributed by atoms with van der Waals surface area (Å²) in [5, 5.41) is 13.2. The van der Waals surface area contributed by atoms with Crippen molar-refractivity contribution in [1.82, 2.24) is 10.3 Å². The van der Waals surface area contributed by atoms with Crippen molar-refractivity contribution in [3.05, 3.63) is 36.0 Å². The summed E-state index contributed by atoms with van der Waals surface area (Å²) < 4.78 is 0. The van der Waals surface area contributed by atoms with Crippen molar-refractivity contribution in [1.29, 1.82) is 0 Å². The number of amides is 1. The highest BCUT2D eigenvalue weighted by Gasteiger charge is 2.44. The predicted molar refractivity (Wildman–Crippen MR) is 81.3 cm³/mol. The lowest BCUT2D eigenvalue weighted by atomic mass is 9.74. The Labute approximate surface area is 123 Å². The van der Waals surface area contributed by atoms with E-state index in [2.05, 4.69) is 10.3 Å². The van der Waals surface area contributed by atoms with Crippen molar-refractivity contribution >= 4 is 22.8 Å². The molecule has 2 aromatic rings. The molecule has 0 aliphatic carbocycles. The largest absolute Gasteiger partial charge is 0.481 e. The molecule has 1 heterocycles. The summed E-state index contributed by atoms with van der Waals surface area (Å²) in [7, 11) is 0. The summed E-state index contributed by atoms with van der Waals surface area (Å²) in [5.74, 6) is -1.24. The van der Waals surface area contributed by atoms with E-state index in [-0.39, 0.29) is 5.91 Å². The molecule has 0 saturated heterocycles. The molecule has 112 valence electrons. The van der Waals surface area contributed by atoms with Gasteiger partial charge >= 0.3 is 5.97 Å². The molecule has 1 aromatic carbocycles. The molecule has 5 nitrogen and oxygen atoms in total. The maximum absolute atomic E-state index is 12.4. The third-order valence-corrected chi connectivity index (χ3v) is 4.34. The number of hydrogen-bond acceptors (Lipinski definition) is 2. The Morgan fingerprint density at radius 1 is 1.14 bits per heavy atom. The van der Waals surface area contributed by atoms with Gasteiger partial charge in [0, 0.05) is 17.3 Å². The highest BCUT2D eigenvalue weighted by atomic mass is 16.4. The number of carbonyl (C=O) groups excluding carboxylic acids is 1. The van der Waals surface area contributed by atoms with E-state index in [4.69, 9.17) is 0 Å². The fourth-order valence-corrected chi connectivity index (χ4v) is 1.97. The highest BCUT2D eigenvalue weighted by molar-refractivity contribution is 5.98. The van der Waals surface area contributed by atoms with Crippen LogP contribution < -0.4 is 5.32 Å². The van der Waals surface area contributed by atoms with E-state index in [1.165, 1.54) is 0 Å². The second kappa shape index (κ2) is 4.91. The number of H-pyrrole nitrogens is 1. The summed E-state index contributed by atoms with van der Waals surface area (Å²) in [4.78, 5) is 26.8. The first-order chi connectivity index (χ1) is 9.65. The fraction of sp³-hybridized carbons (Fsp3) is 0.375. The van der Waals surface area contributed by atoms with E-state index < -0.39 is 16.9 Å². The van der Waals surface area contributed by atoms with Crippen molar-refractivity contribution in [2.45, 2.75) is 33.2 Å². The van der Waals surface area contributed by atoms with Crippen molar-refractivity contribution in [3.63, 3.8) is 0 Å². The molecule has 0 aliphatic rings. The van der Waals surface area contributed by atoms with Crippen molar-refractivity contribution < 1.29 is 14.7 Å². The van der Waals surface area contributed by atoms with E-state index in [0.29, 0.717) is 5.56 Å². The molecule has 0 aliphatic heterocycles. The fourth-order valence-electron chi connectivity index (χ4n) is 1.97. The Hall–Kier alpha value is -2.30.